The highest BCUT2D eigenvalue weighted by Crippen LogP contribution is 2.29. The van der Waals surface area contributed by atoms with Gasteiger partial charge in [0.25, 0.3) is 5.91 Å². The topological polar surface area (TPSA) is 80.5 Å². The number of hydrogen-bond acceptors (Lipinski definition) is 5. The number of carbonyl (C=O) groups excluding carboxylic acids is 1. The molecule has 1 atom stereocenters. The van der Waals surface area contributed by atoms with E-state index in [1.807, 2.05) is 38.1 Å². The highest BCUT2D eigenvalue weighted by molar-refractivity contribution is 7.92. The summed E-state index contributed by atoms with van der Waals surface area (Å²) in [6.45, 7) is 4.44. The second kappa shape index (κ2) is 7.48. The Morgan fingerprint density at radius 2 is 1.66 bits per heavy atom. The Balaban J connectivity index is 1.54. The van der Waals surface area contributed by atoms with E-state index in [1.54, 1.807) is 29.2 Å². The first-order valence-corrected chi connectivity index (χ1v) is 11.0. The third-order valence-electron chi connectivity index (χ3n) is 5.34. The number of sulfone groups is 1. The van der Waals surface area contributed by atoms with Crippen molar-refractivity contribution in [1.82, 2.24) is 10.1 Å². The number of amides is 1. The van der Waals surface area contributed by atoms with E-state index in [9.17, 15) is 13.2 Å². The molecule has 7 heteroatoms. The van der Waals surface area contributed by atoms with Crippen molar-refractivity contribution in [3.05, 3.63) is 71.4 Å². The van der Waals surface area contributed by atoms with Crippen molar-refractivity contribution in [2.24, 2.45) is 0 Å². The molecule has 6 nitrogen and oxygen atoms in total. The Bertz CT molecular complexity index is 1130. The van der Waals surface area contributed by atoms with Gasteiger partial charge in [-0.25, -0.2) is 8.42 Å². The van der Waals surface area contributed by atoms with E-state index in [0.717, 1.165) is 16.7 Å². The molecule has 1 unspecified atom stereocenters. The van der Waals surface area contributed by atoms with Gasteiger partial charge < -0.3 is 9.42 Å². The van der Waals surface area contributed by atoms with E-state index >= 15 is 0 Å². The Hall–Kier alpha value is -2.93. The number of aryl methyl sites for hydroxylation is 2. The fourth-order valence-electron chi connectivity index (χ4n) is 3.56. The van der Waals surface area contributed by atoms with Gasteiger partial charge in [0.05, 0.1) is 16.3 Å². The predicted molar refractivity (Wildman–Crippen MR) is 109 cm³/mol. The molecule has 0 spiro atoms. The second-order valence-corrected chi connectivity index (χ2v) is 9.68. The summed E-state index contributed by atoms with van der Waals surface area (Å²) in [7, 11) is -3.49. The molecule has 150 valence electrons. The van der Waals surface area contributed by atoms with E-state index < -0.39 is 15.1 Å². The molecule has 0 saturated carbocycles. The molecule has 2 aromatic carbocycles. The SMILES string of the molecule is Cc1ccc(-c2oncc2C(=O)N2CCC(S(=O)(=O)c3ccc(C)cc3)C2)cc1. The minimum atomic E-state index is -3.49. The van der Waals surface area contributed by atoms with Crippen LogP contribution in [0.25, 0.3) is 11.3 Å². The minimum absolute atomic E-state index is 0.160. The standard InChI is InChI=1S/C22H22N2O4S/c1-15-3-7-17(8-4-15)21-20(13-23-28-21)22(25)24-12-11-19(14-24)29(26,27)18-9-5-16(2)6-10-18/h3-10,13,19H,11-12,14H2,1-2H3. The molecule has 1 amide bonds. The molecular weight excluding hydrogens is 388 g/mol. The van der Waals surface area contributed by atoms with Gasteiger partial charge in [-0.3, -0.25) is 4.79 Å². The molecule has 1 saturated heterocycles. The monoisotopic (exact) mass is 410 g/mol. The van der Waals surface area contributed by atoms with Crippen molar-refractivity contribution in [3.63, 3.8) is 0 Å². The first-order valence-electron chi connectivity index (χ1n) is 9.48. The lowest BCUT2D eigenvalue weighted by Gasteiger charge is -2.16. The maximum atomic E-state index is 13.1. The van der Waals surface area contributed by atoms with Crippen LogP contribution in [0.1, 0.15) is 27.9 Å². The smallest absolute Gasteiger partial charge is 0.259 e. The van der Waals surface area contributed by atoms with Gasteiger partial charge in [0, 0.05) is 18.7 Å². The minimum Gasteiger partial charge on any atom is -0.355 e. The van der Waals surface area contributed by atoms with Gasteiger partial charge in [-0.15, -0.1) is 0 Å². The van der Waals surface area contributed by atoms with Crippen LogP contribution < -0.4 is 0 Å². The molecule has 29 heavy (non-hydrogen) atoms. The second-order valence-electron chi connectivity index (χ2n) is 7.45. The highest BCUT2D eigenvalue weighted by atomic mass is 32.2. The van der Waals surface area contributed by atoms with Crippen molar-refractivity contribution in [1.29, 1.82) is 0 Å². The van der Waals surface area contributed by atoms with Crippen molar-refractivity contribution >= 4 is 15.7 Å². The van der Waals surface area contributed by atoms with Gasteiger partial charge >= 0.3 is 0 Å². The molecule has 1 aliphatic rings. The summed E-state index contributed by atoms with van der Waals surface area (Å²) < 4.78 is 31.2. The van der Waals surface area contributed by atoms with Crippen molar-refractivity contribution in [3.8, 4) is 11.3 Å². The summed E-state index contributed by atoms with van der Waals surface area (Å²) in [4.78, 5) is 14.9. The summed E-state index contributed by atoms with van der Waals surface area (Å²) in [5, 5.41) is 3.18. The lowest BCUT2D eigenvalue weighted by molar-refractivity contribution is 0.0793. The molecule has 0 radical (unpaired) electrons. The number of nitrogens with zero attached hydrogens (tertiary/aromatic N) is 2. The third kappa shape index (κ3) is 3.70. The van der Waals surface area contributed by atoms with Gasteiger partial charge in [0.15, 0.2) is 15.6 Å². The maximum absolute atomic E-state index is 13.1. The average Bonchev–Trinajstić information content (AvgIpc) is 3.39. The first kappa shape index (κ1) is 19.4. The van der Waals surface area contributed by atoms with Crippen LogP contribution in [-0.2, 0) is 9.84 Å². The summed E-state index contributed by atoms with van der Waals surface area (Å²) in [6, 6.07) is 14.5. The highest BCUT2D eigenvalue weighted by Gasteiger charge is 2.37. The number of carbonyl (C=O) groups is 1. The van der Waals surface area contributed by atoms with Gasteiger partial charge in [-0.05, 0) is 32.4 Å². The molecule has 3 aromatic rings. The Labute approximate surface area is 170 Å². The summed E-state index contributed by atoms with van der Waals surface area (Å²) in [5.41, 5.74) is 3.22. The number of benzene rings is 2. The van der Waals surface area contributed by atoms with Crippen LogP contribution in [0.5, 0.6) is 0 Å². The van der Waals surface area contributed by atoms with Crippen LogP contribution in [0.2, 0.25) is 0 Å². The number of hydrogen-bond donors (Lipinski definition) is 0. The fourth-order valence-corrected chi connectivity index (χ4v) is 5.25. The number of aromatic nitrogens is 1. The zero-order chi connectivity index (χ0) is 20.6. The van der Waals surface area contributed by atoms with Crippen molar-refractivity contribution in [2.45, 2.75) is 30.4 Å². The third-order valence-corrected chi connectivity index (χ3v) is 7.53. The quantitative estimate of drug-likeness (QED) is 0.656. The zero-order valence-electron chi connectivity index (χ0n) is 16.3. The molecule has 1 aliphatic heterocycles. The summed E-state index contributed by atoms with van der Waals surface area (Å²) in [6.07, 6.45) is 1.81. The molecular formula is C22H22N2O4S. The Kier molecular flexibility index (Phi) is 5.00. The Morgan fingerprint density at radius 3 is 2.31 bits per heavy atom. The lowest BCUT2D eigenvalue weighted by atomic mass is 10.1. The van der Waals surface area contributed by atoms with Crippen molar-refractivity contribution in [2.75, 3.05) is 13.1 Å². The summed E-state index contributed by atoms with van der Waals surface area (Å²) >= 11 is 0. The normalized spacial score (nSPS) is 16.9. The predicted octanol–water partition coefficient (Wildman–Crippen LogP) is 3.65. The fraction of sp³-hybridized carbons (Fsp3) is 0.273. The van der Waals surface area contributed by atoms with Crippen LogP contribution >= 0.6 is 0 Å². The van der Waals surface area contributed by atoms with E-state index in [-0.39, 0.29) is 12.5 Å². The van der Waals surface area contributed by atoms with Crippen LogP contribution in [0, 0.1) is 13.8 Å². The van der Waals surface area contributed by atoms with E-state index in [2.05, 4.69) is 5.16 Å². The van der Waals surface area contributed by atoms with Gasteiger partial charge in [0.1, 0.15) is 5.56 Å². The zero-order valence-corrected chi connectivity index (χ0v) is 17.1. The van der Waals surface area contributed by atoms with E-state index in [0.29, 0.717) is 29.2 Å². The van der Waals surface area contributed by atoms with Crippen LogP contribution in [0.4, 0.5) is 0 Å². The van der Waals surface area contributed by atoms with Crippen molar-refractivity contribution < 1.29 is 17.7 Å². The average molecular weight is 410 g/mol. The number of rotatable bonds is 4. The van der Waals surface area contributed by atoms with Gasteiger partial charge in [0.2, 0.25) is 0 Å². The molecule has 0 N–H and O–H groups in total. The van der Waals surface area contributed by atoms with Crippen LogP contribution in [0.3, 0.4) is 0 Å². The molecule has 4 rings (SSSR count). The molecule has 0 aliphatic carbocycles. The molecule has 0 bridgehead atoms. The van der Waals surface area contributed by atoms with Gasteiger partial charge in [-0.1, -0.05) is 52.7 Å². The van der Waals surface area contributed by atoms with Crippen LogP contribution in [0.15, 0.2) is 64.1 Å². The maximum Gasteiger partial charge on any atom is 0.259 e. The largest absolute Gasteiger partial charge is 0.355 e. The van der Waals surface area contributed by atoms with Crippen LogP contribution in [-0.4, -0.2) is 42.7 Å². The Morgan fingerprint density at radius 1 is 1.03 bits per heavy atom. The molecule has 1 aromatic heterocycles. The van der Waals surface area contributed by atoms with E-state index in [1.165, 1.54) is 6.20 Å². The number of likely N-dealkylation sites (tertiary alicyclic amines) is 1. The van der Waals surface area contributed by atoms with E-state index in [4.69, 9.17) is 4.52 Å². The summed E-state index contributed by atoms with van der Waals surface area (Å²) in [5.74, 6) is 0.142. The first-order chi connectivity index (χ1) is 13.9. The lowest BCUT2D eigenvalue weighted by Crippen LogP contribution is -2.32. The molecule has 2 heterocycles. The van der Waals surface area contributed by atoms with Gasteiger partial charge in [-0.2, -0.15) is 0 Å². The molecule has 1 fully saturated rings.